The van der Waals surface area contributed by atoms with Gasteiger partial charge in [-0.05, 0) is 87.2 Å². The summed E-state index contributed by atoms with van der Waals surface area (Å²) in [6.45, 7) is 6.10. The van der Waals surface area contributed by atoms with Crippen LogP contribution >= 0.6 is 0 Å². The molecule has 318 valence electrons. The highest BCUT2D eigenvalue weighted by Gasteiger charge is 2.39. The number of imidazole rings is 1. The van der Waals surface area contributed by atoms with Gasteiger partial charge in [0.15, 0.2) is 0 Å². The molecule has 2 aliphatic heterocycles. The molecule has 1 saturated heterocycles. The van der Waals surface area contributed by atoms with E-state index in [4.69, 9.17) is 4.98 Å². The first-order valence-corrected chi connectivity index (χ1v) is 21.9. The van der Waals surface area contributed by atoms with Crippen LogP contribution in [0.2, 0.25) is 0 Å². The number of piperazine rings is 1. The number of nitrogens with one attached hydrogen (secondary N) is 1. The van der Waals surface area contributed by atoms with Crippen LogP contribution in [0, 0.1) is 5.92 Å². The first-order chi connectivity index (χ1) is 29.1. The van der Waals surface area contributed by atoms with Gasteiger partial charge in [0.2, 0.25) is 11.8 Å². The Kier molecular flexibility index (Phi) is 13.1. The van der Waals surface area contributed by atoms with Gasteiger partial charge in [-0.15, -0.1) is 0 Å². The number of unbranched alkanes of at least 4 members (excludes halogenated alkanes) is 1. The van der Waals surface area contributed by atoms with Crippen LogP contribution in [0.5, 0.6) is 0 Å². The number of nitrogens with zero attached hydrogens (tertiary/aromatic N) is 7. The molecule has 0 unspecified atom stereocenters. The maximum atomic E-state index is 14.0. The second-order valence-electron chi connectivity index (χ2n) is 17.3. The molecule has 2 aromatic carbocycles. The second kappa shape index (κ2) is 18.8. The van der Waals surface area contributed by atoms with E-state index in [0.29, 0.717) is 30.5 Å². The molecule has 2 aliphatic carbocycles. The van der Waals surface area contributed by atoms with Crippen molar-refractivity contribution in [2.75, 3.05) is 45.8 Å². The fraction of sp³-hybridized carbons (Fsp3) is 0.511. The summed E-state index contributed by atoms with van der Waals surface area (Å²) in [7, 11) is 2.04. The van der Waals surface area contributed by atoms with E-state index in [2.05, 4.69) is 35.6 Å². The summed E-state index contributed by atoms with van der Waals surface area (Å²) in [5, 5.41) is 3.28. The number of aromatic nitrogens is 3. The van der Waals surface area contributed by atoms with Crippen molar-refractivity contribution in [3.05, 3.63) is 119 Å². The fourth-order valence-corrected chi connectivity index (χ4v) is 9.81. The summed E-state index contributed by atoms with van der Waals surface area (Å²) in [5.41, 5.74) is 5.60. The van der Waals surface area contributed by atoms with Crippen LogP contribution in [-0.2, 0) is 24.8 Å². The molecule has 0 bridgehead atoms. The number of halogens is 2. The number of pyridine rings is 1. The molecule has 11 nitrogen and oxygen atoms in total. The first-order valence-electron chi connectivity index (χ1n) is 21.9. The average Bonchev–Trinajstić information content (AvgIpc) is 3.78. The average molecular weight is 821 g/mol. The Bertz CT molecular complexity index is 2070. The summed E-state index contributed by atoms with van der Waals surface area (Å²) in [5.74, 6) is -3.62. The number of rotatable bonds is 16. The quantitative estimate of drug-likeness (QED) is 0.0970. The maximum Gasteiger partial charge on any atom is 0.261 e. The molecule has 4 heterocycles. The van der Waals surface area contributed by atoms with E-state index in [9.17, 15) is 23.2 Å². The van der Waals surface area contributed by atoms with Crippen LogP contribution in [0.15, 0.2) is 85.5 Å². The molecule has 4 aromatic rings. The first kappa shape index (κ1) is 41.9. The molecule has 2 fully saturated rings. The second-order valence-corrected chi connectivity index (χ2v) is 17.3. The number of carbonyl (C=O) groups is 3. The molecule has 3 atom stereocenters. The van der Waals surface area contributed by atoms with Gasteiger partial charge in [-0.25, -0.2) is 13.8 Å². The molecule has 4 aliphatic rings. The van der Waals surface area contributed by atoms with Crippen molar-refractivity contribution in [3.63, 3.8) is 0 Å². The van der Waals surface area contributed by atoms with Crippen molar-refractivity contribution in [3.8, 4) is 0 Å². The lowest BCUT2D eigenvalue weighted by molar-refractivity contribution is -0.130. The lowest BCUT2D eigenvalue weighted by Gasteiger charge is -2.45. The van der Waals surface area contributed by atoms with Crippen LogP contribution in [0.3, 0.4) is 0 Å². The number of carbonyl (C=O) groups excluding carboxylic acids is 3. The third kappa shape index (κ3) is 9.69. The molecule has 1 saturated carbocycles. The highest BCUT2D eigenvalue weighted by atomic mass is 19.3. The van der Waals surface area contributed by atoms with Gasteiger partial charge in [0, 0.05) is 90.1 Å². The number of imide groups is 1. The molecule has 8 rings (SSSR count). The summed E-state index contributed by atoms with van der Waals surface area (Å²) < 4.78 is 30.0. The number of amides is 3. The van der Waals surface area contributed by atoms with E-state index in [0.717, 1.165) is 88.4 Å². The van der Waals surface area contributed by atoms with Crippen molar-refractivity contribution in [2.45, 2.75) is 94.8 Å². The van der Waals surface area contributed by atoms with Crippen LogP contribution in [0.4, 0.5) is 8.78 Å². The van der Waals surface area contributed by atoms with Crippen LogP contribution in [0.1, 0.15) is 113 Å². The highest BCUT2D eigenvalue weighted by molar-refractivity contribution is 6.21. The molecule has 0 radical (unpaired) electrons. The van der Waals surface area contributed by atoms with Crippen molar-refractivity contribution in [1.82, 2.24) is 39.5 Å². The van der Waals surface area contributed by atoms with Crippen LogP contribution in [0.25, 0.3) is 0 Å². The van der Waals surface area contributed by atoms with Gasteiger partial charge in [-0.1, -0.05) is 48.5 Å². The van der Waals surface area contributed by atoms with Crippen LogP contribution < -0.4 is 5.32 Å². The zero-order valence-electron chi connectivity index (χ0n) is 34.7. The van der Waals surface area contributed by atoms with E-state index in [1.165, 1.54) is 10.5 Å². The normalized spacial score (nSPS) is 21.6. The molecular formula is C47H58F2N8O3. The lowest BCUT2D eigenvalue weighted by Crippen LogP contribution is -2.57. The molecule has 1 N–H and O–H groups in total. The van der Waals surface area contributed by atoms with Crippen molar-refractivity contribution in [1.29, 1.82) is 0 Å². The molecule has 13 heteroatoms. The van der Waals surface area contributed by atoms with Gasteiger partial charge in [-0.2, -0.15) is 0 Å². The van der Waals surface area contributed by atoms with E-state index in [1.54, 1.807) is 24.3 Å². The largest absolute Gasteiger partial charge is 0.349 e. The minimum absolute atomic E-state index is 0.127. The monoisotopic (exact) mass is 820 g/mol. The summed E-state index contributed by atoms with van der Waals surface area (Å²) in [6.07, 6.45) is 11.0. The summed E-state index contributed by atoms with van der Waals surface area (Å²) in [6, 6.07) is 21.4. The van der Waals surface area contributed by atoms with E-state index in [-0.39, 0.29) is 61.5 Å². The predicted octanol–water partition coefficient (Wildman–Crippen LogP) is 6.83. The third-order valence-electron chi connectivity index (χ3n) is 13.3. The van der Waals surface area contributed by atoms with E-state index >= 15 is 0 Å². The van der Waals surface area contributed by atoms with Crippen LogP contribution in [-0.4, -0.2) is 110 Å². The molecule has 60 heavy (non-hydrogen) atoms. The van der Waals surface area contributed by atoms with Crippen molar-refractivity contribution in [2.24, 2.45) is 13.0 Å². The van der Waals surface area contributed by atoms with Crippen molar-refractivity contribution < 1.29 is 23.2 Å². The lowest BCUT2D eigenvalue weighted by atomic mass is 9.86. The van der Waals surface area contributed by atoms with Gasteiger partial charge in [0.1, 0.15) is 0 Å². The third-order valence-corrected chi connectivity index (χ3v) is 13.3. The number of aryl methyl sites for hydroxylation is 2. The Morgan fingerprint density at radius 2 is 1.68 bits per heavy atom. The standard InChI is InChI=1S/C47H58F2N8O3/c1-53-33-50-29-37(53)31-55-28-27-54(26-20-41(34-11-3-2-4-12-34)52-44(58)36-18-21-47(48,49)22-19-36)30-38(55)32-56(42-17-9-13-35-14-10-23-51-43(35)42)24-7-8-25-57-45(59)39-15-5-6-16-40(39)46(57)60/h2-6,10-12,14-16,23,29,33,36,38,41-42H,7-9,13,17-22,24-28,30-32H2,1H3,(H,52,58)/t38-,41+,42+/m1/s1. The topological polar surface area (TPSA) is 107 Å². The minimum atomic E-state index is -2.68. The highest BCUT2D eigenvalue weighted by Crippen LogP contribution is 2.37. The number of fused-ring (bicyclic) bond motifs is 2. The van der Waals surface area contributed by atoms with E-state index in [1.807, 2.05) is 62.2 Å². The smallest absolute Gasteiger partial charge is 0.261 e. The van der Waals surface area contributed by atoms with Gasteiger partial charge in [0.05, 0.1) is 40.9 Å². The Hall–Kier alpha value is -4.85. The Morgan fingerprint density at radius 1 is 0.933 bits per heavy atom. The Morgan fingerprint density at radius 3 is 2.42 bits per heavy atom. The molecule has 3 amide bonds. The zero-order chi connectivity index (χ0) is 41.6. The Labute approximate surface area is 352 Å². The van der Waals surface area contributed by atoms with Gasteiger partial charge >= 0.3 is 0 Å². The fourth-order valence-electron chi connectivity index (χ4n) is 9.81. The Balaban J connectivity index is 0.981. The number of hydrogen-bond acceptors (Lipinski definition) is 8. The molecule has 0 spiro atoms. The van der Waals surface area contributed by atoms with Gasteiger partial charge in [-0.3, -0.25) is 34.1 Å². The summed E-state index contributed by atoms with van der Waals surface area (Å²) >= 11 is 0. The number of benzene rings is 2. The zero-order valence-corrected chi connectivity index (χ0v) is 34.7. The number of alkyl halides is 2. The molecule has 2 aromatic heterocycles. The SMILES string of the molecule is Cn1cncc1CN1CCN(CC[C@H](NC(=O)C2CCC(F)(F)CC2)c2ccccc2)C[C@@H]1CN(CCCCN1C(=O)c2ccccc2C1=O)[C@H]1CCCc2cccnc21. The molecular weight excluding hydrogens is 763 g/mol. The number of hydrogen-bond donors (Lipinski definition) is 1. The maximum absolute atomic E-state index is 14.0. The minimum Gasteiger partial charge on any atom is -0.349 e. The van der Waals surface area contributed by atoms with Gasteiger partial charge in [0.25, 0.3) is 11.8 Å². The summed E-state index contributed by atoms with van der Waals surface area (Å²) in [4.78, 5) is 58.3. The predicted molar refractivity (Wildman–Crippen MR) is 225 cm³/mol. The van der Waals surface area contributed by atoms with Crippen molar-refractivity contribution >= 4 is 17.7 Å². The van der Waals surface area contributed by atoms with Gasteiger partial charge < -0.3 is 14.8 Å². The van der Waals surface area contributed by atoms with E-state index < -0.39 is 11.8 Å².